The van der Waals surface area contributed by atoms with Crippen LogP contribution >= 0.6 is 0 Å². The second kappa shape index (κ2) is 6.10. The lowest BCUT2D eigenvalue weighted by Crippen LogP contribution is -2.33. The van der Waals surface area contributed by atoms with Gasteiger partial charge in [0.05, 0.1) is 0 Å². The predicted molar refractivity (Wildman–Crippen MR) is 64.9 cm³/mol. The van der Waals surface area contributed by atoms with E-state index >= 15 is 0 Å². The molecule has 3 unspecified atom stereocenters. The van der Waals surface area contributed by atoms with E-state index in [0.29, 0.717) is 5.56 Å². The Kier molecular flexibility index (Phi) is 4.47. The first-order valence-electron chi connectivity index (χ1n) is 6.28. The molecule has 2 rings (SSSR count). The number of carbonyl (C=O) groups is 1. The van der Waals surface area contributed by atoms with Crippen LogP contribution in [-0.4, -0.2) is 29.5 Å². The molecule has 1 fully saturated rings. The number of ether oxygens (including phenoxy) is 1. The van der Waals surface area contributed by atoms with Crippen LogP contribution in [0.3, 0.4) is 0 Å². The Morgan fingerprint density at radius 1 is 1.16 bits per heavy atom. The van der Waals surface area contributed by atoms with E-state index in [2.05, 4.69) is 0 Å². The number of esters is 1. The van der Waals surface area contributed by atoms with Crippen LogP contribution in [-0.2, 0) is 9.53 Å². The molecule has 0 spiro atoms. The fourth-order valence-electron chi connectivity index (χ4n) is 2.23. The molecule has 3 nitrogen and oxygen atoms in total. The van der Waals surface area contributed by atoms with E-state index in [0.717, 1.165) is 0 Å². The van der Waals surface area contributed by atoms with Crippen LogP contribution in [0.1, 0.15) is 30.9 Å². The summed E-state index contributed by atoms with van der Waals surface area (Å²) in [7, 11) is 0. The van der Waals surface area contributed by atoms with Crippen LogP contribution in [0.2, 0.25) is 0 Å². The Labute approximate surface area is 110 Å². The van der Waals surface area contributed by atoms with E-state index in [1.54, 1.807) is 30.3 Å². The van der Waals surface area contributed by atoms with Gasteiger partial charge in [-0.05, 0) is 5.56 Å². The smallest absolute Gasteiger partial charge is 0.339 e. The van der Waals surface area contributed by atoms with Crippen molar-refractivity contribution in [1.82, 2.24) is 0 Å². The molecule has 3 atom stereocenters. The highest BCUT2D eigenvalue weighted by atomic mass is 19.1. The summed E-state index contributed by atoms with van der Waals surface area (Å²) in [5, 5.41) is 9.79. The van der Waals surface area contributed by atoms with E-state index in [1.165, 1.54) is 0 Å². The normalized spacial score (nSPS) is 28.7. The lowest BCUT2D eigenvalue weighted by molar-refractivity contribution is -0.163. The SMILES string of the molecule is O=C(OC1CC(F)CC(F)C1)C(O)c1ccccc1. The molecule has 104 valence electrons. The summed E-state index contributed by atoms with van der Waals surface area (Å²) in [6.07, 6.45) is -4.97. The van der Waals surface area contributed by atoms with Crippen molar-refractivity contribution in [2.24, 2.45) is 0 Å². The molecule has 0 heterocycles. The summed E-state index contributed by atoms with van der Waals surface area (Å²) >= 11 is 0. The molecule has 0 saturated heterocycles. The van der Waals surface area contributed by atoms with Crippen molar-refractivity contribution in [2.45, 2.75) is 43.8 Å². The Hall–Kier alpha value is -1.49. The zero-order chi connectivity index (χ0) is 13.8. The van der Waals surface area contributed by atoms with Gasteiger partial charge in [0, 0.05) is 19.3 Å². The summed E-state index contributed by atoms with van der Waals surface area (Å²) < 4.78 is 31.3. The molecule has 1 N–H and O–H groups in total. The van der Waals surface area contributed by atoms with Gasteiger partial charge in [0.1, 0.15) is 18.4 Å². The van der Waals surface area contributed by atoms with Crippen LogP contribution in [0, 0.1) is 0 Å². The third-order valence-corrected chi connectivity index (χ3v) is 3.17. The van der Waals surface area contributed by atoms with Gasteiger partial charge in [0.15, 0.2) is 6.10 Å². The van der Waals surface area contributed by atoms with Crippen molar-refractivity contribution in [1.29, 1.82) is 0 Å². The van der Waals surface area contributed by atoms with Crippen LogP contribution in [0.25, 0.3) is 0 Å². The van der Waals surface area contributed by atoms with Crippen molar-refractivity contribution in [3.05, 3.63) is 35.9 Å². The molecule has 1 aromatic carbocycles. The third kappa shape index (κ3) is 3.73. The van der Waals surface area contributed by atoms with Gasteiger partial charge in [-0.15, -0.1) is 0 Å². The van der Waals surface area contributed by atoms with Crippen molar-refractivity contribution >= 4 is 5.97 Å². The molecule has 0 aliphatic heterocycles. The predicted octanol–water partition coefficient (Wildman–Crippen LogP) is 2.49. The molecule has 1 aliphatic rings. The third-order valence-electron chi connectivity index (χ3n) is 3.17. The molecule has 0 amide bonds. The van der Waals surface area contributed by atoms with E-state index in [1.807, 2.05) is 0 Å². The summed E-state index contributed by atoms with van der Waals surface area (Å²) in [4.78, 5) is 11.7. The molecule has 1 saturated carbocycles. The molecular formula is C14H16F2O3. The first-order chi connectivity index (χ1) is 9.06. The van der Waals surface area contributed by atoms with Crippen LogP contribution in [0.4, 0.5) is 8.78 Å². The Morgan fingerprint density at radius 2 is 1.74 bits per heavy atom. The number of hydrogen-bond acceptors (Lipinski definition) is 3. The van der Waals surface area contributed by atoms with Crippen molar-refractivity contribution in [3.8, 4) is 0 Å². The van der Waals surface area contributed by atoms with Crippen molar-refractivity contribution in [2.75, 3.05) is 0 Å². The number of aliphatic hydroxyl groups is 1. The summed E-state index contributed by atoms with van der Waals surface area (Å²) in [6.45, 7) is 0. The van der Waals surface area contributed by atoms with Crippen LogP contribution in [0.5, 0.6) is 0 Å². The fraction of sp³-hybridized carbons (Fsp3) is 0.500. The molecule has 1 aromatic rings. The molecular weight excluding hydrogens is 254 g/mol. The molecule has 19 heavy (non-hydrogen) atoms. The topological polar surface area (TPSA) is 46.5 Å². The minimum Gasteiger partial charge on any atom is -0.460 e. The minimum absolute atomic E-state index is 0.00628. The highest BCUT2D eigenvalue weighted by molar-refractivity contribution is 5.76. The standard InChI is InChI=1S/C14H16F2O3/c15-10-6-11(16)8-12(7-10)19-14(18)13(17)9-4-2-1-3-5-9/h1-5,10-13,17H,6-8H2. The molecule has 0 aromatic heterocycles. The first-order valence-corrected chi connectivity index (χ1v) is 6.28. The monoisotopic (exact) mass is 270 g/mol. The summed E-state index contributed by atoms with van der Waals surface area (Å²) in [5.74, 6) is -0.863. The number of benzene rings is 1. The van der Waals surface area contributed by atoms with E-state index < -0.39 is 30.5 Å². The summed E-state index contributed by atoms with van der Waals surface area (Å²) in [5.41, 5.74) is 0.400. The van der Waals surface area contributed by atoms with E-state index in [-0.39, 0.29) is 19.3 Å². The molecule has 1 aliphatic carbocycles. The molecule has 0 radical (unpaired) electrons. The van der Waals surface area contributed by atoms with Crippen LogP contribution < -0.4 is 0 Å². The zero-order valence-electron chi connectivity index (χ0n) is 10.3. The molecule has 0 bridgehead atoms. The average molecular weight is 270 g/mol. The van der Waals surface area contributed by atoms with Gasteiger partial charge in [0.25, 0.3) is 0 Å². The van der Waals surface area contributed by atoms with Gasteiger partial charge in [-0.2, -0.15) is 0 Å². The van der Waals surface area contributed by atoms with Gasteiger partial charge in [-0.25, -0.2) is 13.6 Å². The van der Waals surface area contributed by atoms with Gasteiger partial charge in [-0.1, -0.05) is 30.3 Å². The Balaban J connectivity index is 1.93. The lowest BCUT2D eigenvalue weighted by Gasteiger charge is -2.27. The van der Waals surface area contributed by atoms with Gasteiger partial charge in [-0.3, -0.25) is 0 Å². The zero-order valence-corrected chi connectivity index (χ0v) is 10.3. The number of carbonyl (C=O) groups excluding carboxylic acids is 1. The highest BCUT2D eigenvalue weighted by Crippen LogP contribution is 2.27. The van der Waals surface area contributed by atoms with E-state index in [4.69, 9.17) is 4.74 Å². The second-order valence-electron chi connectivity index (χ2n) is 4.77. The summed E-state index contributed by atoms with van der Waals surface area (Å²) in [6, 6.07) is 8.29. The average Bonchev–Trinajstić information content (AvgIpc) is 2.37. The minimum atomic E-state index is -1.42. The van der Waals surface area contributed by atoms with Gasteiger partial charge in [0.2, 0.25) is 0 Å². The number of halogens is 2. The highest BCUT2D eigenvalue weighted by Gasteiger charge is 2.32. The molecule has 5 heteroatoms. The van der Waals surface area contributed by atoms with Gasteiger partial charge >= 0.3 is 5.97 Å². The Morgan fingerprint density at radius 3 is 2.32 bits per heavy atom. The number of aliphatic hydroxyl groups excluding tert-OH is 1. The maximum absolute atomic E-state index is 13.2. The fourth-order valence-corrected chi connectivity index (χ4v) is 2.23. The van der Waals surface area contributed by atoms with Crippen LogP contribution in [0.15, 0.2) is 30.3 Å². The maximum Gasteiger partial charge on any atom is 0.339 e. The largest absolute Gasteiger partial charge is 0.460 e. The van der Waals surface area contributed by atoms with Gasteiger partial charge < -0.3 is 9.84 Å². The first kappa shape index (κ1) is 13.9. The van der Waals surface area contributed by atoms with Crippen molar-refractivity contribution < 1.29 is 23.4 Å². The number of rotatable bonds is 3. The van der Waals surface area contributed by atoms with Crippen molar-refractivity contribution in [3.63, 3.8) is 0 Å². The quantitative estimate of drug-likeness (QED) is 0.858. The number of hydrogen-bond donors (Lipinski definition) is 1. The Bertz CT molecular complexity index is 414. The lowest BCUT2D eigenvalue weighted by atomic mass is 9.94. The number of alkyl halides is 2. The van der Waals surface area contributed by atoms with E-state index in [9.17, 15) is 18.7 Å². The second-order valence-corrected chi connectivity index (χ2v) is 4.77. The maximum atomic E-state index is 13.2.